The van der Waals surface area contributed by atoms with E-state index < -0.39 is 10.0 Å². The van der Waals surface area contributed by atoms with Gasteiger partial charge in [0.2, 0.25) is 15.9 Å². The number of nitrogens with zero attached hydrogens (tertiary/aromatic N) is 2. The van der Waals surface area contributed by atoms with Gasteiger partial charge in [0.1, 0.15) is 4.90 Å². The first kappa shape index (κ1) is 22.7. The molecular formula is C23H25N3O4S2. The molecule has 0 radical (unpaired) electrons. The summed E-state index contributed by atoms with van der Waals surface area (Å²) in [5.74, 6) is 0.0831. The Hall–Kier alpha value is -2.46. The van der Waals surface area contributed by atoms with Gasteiger partial charge in [-0.3, -0.25) is 4.79 Å². The van der Waals surface area contributed by atoms with Crippen LogP contribution < -0.4 is 5.32 Å². The molecular weight excluding hydrogens is 446 g/mol. The van der Waals surface area contributed by atoms with Gasteiger partial charge in [0, 0.05) is 19.3 Å². The predicted molar refractivity (Wildman–Crippen MR) is 125 cm³/mol. The van der Waals surface area contributed by atoms with Crippen molar-refractivity contribution in [3.8, 4) is 0 Å². The Morgan fingerprint density at radius 1 is 1.12 bits per heavy atom. The molecule has 1 amide bonds. The number of aromatic nitrogens is 1. The van der Waals surface area contributed by atoms with Crippen LogP contribution >= 0.6 is 11.8 Å². The maximum absolute atomic E-state index is 12.7. The zero-order valence-corrected chi connectivity index (χ0v) is 19.4. The van der Waals surface area contributed by atoms with Crippen molar-refractivity contribution >= 4 is 38.5 Å². The lowest BCUT2D eigenvalue weighted by atomic mass is 10.00. The van der Waals surface area contributed by atoms with Gasteiger partial charge in [-0.2, -0.15) is 4.31 Å². The third-order valence-corrected chi connectivity index (χ3v) is 8.16. The number of carbonyl (C=O) groups is 1. The largest absolute Gasteiger partial charge is 0.379 e. The third kappa shape index (κ3) is 5.12. The summed E-state index contributed by atoms with van der Waals surface area (Å²) in [6, 6.07) is 17.2. The van der Waals surface area contributed by atoms with Gasteiger partial charge < -0.3 is 10.1 Å². The molecule has 168 valence electrons. The number of thioether (sulfide) groups is 1. The van der Waals surface area contributed by atoms with E-state index in [2.05, 4.69) is 28.5 Å². The zero-order chi connectivity index (χ0) is 22.6. The summed E-state index contributed by atoms with van der Waals surface area (Å²) in [6.07, 6.45) is 1.35. The van der Waals surface area contributed by atoms with Gasteiger partial charge >= 0.3 is 0 Å². The predicted octanol–water partition coefficient (Wildman–Crippen LogP) is 3.23. The third-order valence-electron chi connectivity index (χ3n) is 5.34. The van der Waals surface area contributed by atoms with Gasteiger partial charge in [0.25, 0.3) is 0 Å². The van der Waals surface area contributed by atoms with E-state index in [1.54, 1.807) is 6.07 Å². The summed E-state index contributed by atoms with van der Waals surface area (Å²) in [5, 5.41) is 5.89. The highest BCUT2D eigenvalue weighted by molar-refractivity contribution is 7.99. The molecule has 1 aliphatic heterocycles. The quantitative estimate of drug-likeness (QED) is 0.533. The molecule has 1 N–H and O–H groups in total. The van der Waals surface area contributed by atoms with Crippen molar-refractivity contribution in [2.24, 2.45) is 0 Å². The first-order valence-electron chi connectivity index (χ1n) is 10.4. The van der Waals surface area contributed by atoms with Gasteiger partial charge in [-0.25, -0.2) is 13.4 Å². The topological polar surface area (TPSA) is 88.6 Å². The van der Waals surface area contributed by atoms with Crippen LogP contribution in [0.1, 0.15) is 18.5 Å². The summed E-state index contributed by atoms with van der Waals surface area (Å²) in [4.78, 5) is 16.9. The van der Waals surface area contributed by atoms with Gasteiger partial charge in [-0.15, -0.1) is 0 Å². The van der Waals surface area contributed by atoms with E-state index in [4.69, 9.17) is 4.74 Å². The van der Waals surface area contributed by atoms with Crippen molar-refractivity contribution < 1.29 is 17.9 Å². The van der Waals surface area contributed by atoms with Crippen LogP contribution in [0.5, 0.6) is 0 Å². The van der Waals surface area contributed by atoms with E-state index in [1.807, 2.05) is 31.2 Å². The molecule has 2 aromatic carbocycles. The fraction of sp³-hybridized carbons (Fsp3) is 0.304. The SMILES string of the molecule is CC(NC(=O)CSc1ccc(S(=O)(=O)N2CCOCC2)cn1)c1cccc2ccccc12. The van der Waals surface area contributed by atoms with E-state index in [0.717, 1.165) is 16.3 Å². The fourth-order valence-corrected chi connectivity index (χ4v) is 5.68. The van der Waals surface area contributed by atoms with Crippen molar-refractivity contribution in [3.63, 3.8) is 0 Å². The second-order valence-corrected chi connectivity index (χ2v) is 10.4. The zero-order valence-electron chi connectivity index (χ0n) is 17.7. The molecule has 4 rings (SSSR count). The first-order valence-corrected chi connectivity index (χ1v) is 12.8. The van der Waals surface area contributed by atoms with Gasteiger partial charge in [0.15, 0.2) is 0 Å². The van der Waals surface area contributed by atoms with Crippen LogP contribution in [-0.4, -0.2) is 55.7 Å². The monoisotopic (exact) mass is 471 g/mol. The van der Waals surface area contributed by atoms with Crippen LogP contribution in [0.3, 0.4) is 0 Å². The standard InChI is InChI=1S/C23H25N3O4S2/c1-17(20-8-4-6-18-5-2-3-7-21(18)20)25-22(27)16-31-23-10-9-19(15-24-23)32(28,29)26-11-13-30-14-12-26/h2-10,15,17H,11-14,16H2,1H3,(H,25,27). The number of hydrogen-bond donors (Lipinski definition) is 1. The highest BCUT2D eigenvalue weighted by Gasteiger charge is 2.26. The molecule has 7 nitrogen and oxygen atoms in total. The number of benzene rings is 2. The lowest BCUT2D eigenvalue weighted by molar-refractivity contribution is -0.119. The molecule has 0 bridgehead atoms. The summed E-state index contributed by atoms with van der Waals surface area (Å²) in [5.41, 5.74) is 1.07. The van der Waals surface area contributed by atoms with Crippen LogP contribution in [-0.2, 0) is 19.6 Å². The van der Waals surface area contributed by atoms with E-state index in [0.29, 0.717) is 31.3 Å². The number of amides is 1. The molecule has 0 spiro atoms. The van der Waals surface area contributed by atoms with Crippen LogP contribution in [0.4, 0.5) is 0 Å². The summed E-state index contributed by atoms with van der Waals surface area (Å²) in [7, 11) is -3.57. The minimum atomic E-state index is -3.57. The molecule has 3 aromatic rings. The summed E-state index contributed by atoms with van der Waals surface area (Å²) in [6.45, 7) is 3.44. The van der Waals surface area contributed by atoms with E-state index in [9.17, 15) is 13.2 Å². The second kappa shape index (κ2) is 9.99. The Kier molecular flexibility index (Phi) is 7.10. The number of fused-ring (bicyclic) bond motifs is 1. The number of rotatable bonds is 7. The number of pyridine rings is 1. The lowest BCUT2D eigenvalue weighted by Gasteiger charge is -2.25. The van der Waals surface area contributed by atoms with Crippen LogP contribution in [0.15, 0.2) is 70.7 Å². The van der Waals surface area contributed by atoms with Crippen LogP contribution in [0, 0.1) is 0 Å². The Morgan fingerprint density at radius 3 is 2.62 bits per heavy atom. The summed E-state index contributed by atoms with van der Waals surface area (Å²) < 4.78 is 32.0. The number of ether oxygens (including phenoxy) is 1. The minimum absolute atomic E-state index is 0.109. The average Bonchev–Trinajstić information content (AvgIpc) is 2.83. The molecule has 9 heteroatoms. The summed E-state index contributed by atoms with van der Waals surface area (Å²) >= 11 is 1.27. The maximum atomic E-state index is 12.7. The highest BCUT2D eigenvalue weighted by atomic mass is 32.2. The Morgan fingerprint density at radius 2 is 1.88 bits per heavy atom. The van der Waals surface area contributed by atoms with E-state index in [-0.39, 0.29) is 22.6 Å². The smallest absolute Gasteiger partial charge is 0.244 e. The van der Waals surface area contributed by atoms with E-state index in [1.165, 1.54) is 28.3 Å². The molecule has 1 aliphatic rings. The molecule has 2 heterocycles. The molecule has 1 aromatic heterocycles. The Balaban J connectivity index is 1.35. The van der Waals surface area contributed by atoms with Crippen molar-refractivity contribution in [2.75, 3.05) is 32.1 Å². The van der Waals surface area contributed by atoms with Crippen molar-refractivity contribution in [1.82, 2.24) is 14.6 Å². The highest BCUT2D eigenvalue weighted by Crippen LogP contribution is 2.25. The molecule has 1 saturated heterocycles. The number of sulfonamides is 1. The molecule has 1 fully saturated rings. The van der Waals surface area contributed by atoms with Gasteiger partial charge in [0.05, 0.1) is 30.0 Å². The van der Waals surface area contributed by atoms with Crippen molar-refractivity contribution in [1.29, 1.82) is 0 Å². The van der Waals surface area contributed by atoms with Crippen molar-refractivity contribution in [2.45, 2.75) is 22.9 Å². The first-order chi connectivity index (χ1) is 15.4. The number of carbonyl (C=O) groups excluding carboxylic acids is 1. The number of nitrogens with one attached hydrogen (secondary N) is 1. The maximum Gasteiger partial charge on any atom is 0.244 e. The average molecular weight is 472 g/mol. The second-order valence-electron chi connectivity index (χ2n) is 7.49. The molecule has 1 atom stereocenters. The Bertz CT molecular complexity index is 1190. The minimum Gasteiger partial charge on any atom is -0.379 e. The fourth-order valence-electron chi connectivity index (χ4n) is 3.67. The Labute approximate surface area is 192 Å². The molecule has 0 saturated carbocycles. The molecule has 1 unspecified atom stereocenters. The van der Waals surface area contributed by atoms with Crippen LogP contribution in [0.25, 0.3) is 10.8 Å². The van der Waals surface area contributed by atoms with Gasteiger partial charge in [-0.05, 0) is 35.4 Å². The van der Waals surface area contributed by atoms with E-state index >= 15 is 0 Å². The molecule has 32 heavy (non-hydrogen) atoms. The normalized spacial score (nSPS) is 16.0. The van der Waals surface area contributed by atoms with Crippen molar-refractivity contribution in [3.05, 3.63) is 66.4 Å². The van der Waals surface area contributed by atoms with Gasteiger partial charge in [-0.1, -0.05) is 54.2 Å². The van der Waals surface area contributed by atoms with Crippen LogP contribution in [0.2, 0.25) is 0 Å². The number of hydrogen-bond acceptors (Lipinski definition) is 6. The lowest BCUT2D eigenvalue weighted by Crippen LogP contribution is -2.40. The number of morpholine rings is 1. The molecule has 0 aliphatic carbocycles.